The highest BCUT2D eigenvalue weighted by Crippen LogP contribution is 2.44. The van der Waals surface area contributed by atoms with Gasteiger partial charge in [0.15, 0.2) is 5.76 Å². The molecule has 0 unspecified atom stereocenters. The molecule has 0 bridgehead atoms. The van der Waals surface area contributed by atoms with Crippen LogP contribution in [0.1, 0.15) is 33.5 Å². The van der Waals surface area contributed by atoms with E-state index in [1.807, 2.05) is 37.3 Å². The first-order valence-corrected chi connectivity index (χ1v) is 9.69. The van der Waals surface area contributed by atoms with E-state index in [4.69, 9.17) is 18.9 Å². The number of fused-ring (bicyclic) bond motifs is 3. The van der Waals surface area contributed by atoms with Crippen LogP contribution in [-0.2, 0) is 11.3 Å². The summed E-state index contributed by atoms with van der Waals surface area (Å²) < 4.78 is 22.4. The van der Waals surface area contributed by atoms with Crippen molar-refractivity contribution in [1.29, 1.82) is 0 Å². The quantitative estimate of drug-likeness (QED) is 0.548. The third-order valence-electron chi connectivity index (χ3n) is 5.22. The summed E-state index contributed by atoms with van der Waals surface area (Å²) in [5.41, 5.74) is 3.31. The second kappa shape index (κ2) is 8.27. The molecule has 2 aliphatic rings. The zero-order valence-corrected chi connectivity index (χ0v) is 17.0. The van der Waals surface area contributed by atoms with Crippen molar-refractivity contribution in [3.8, 4) is 17.2 Å². The third-order valence-corrected chi connectivity index (χ3v) is 5.22. The number of aryl methyl sites for hydroxylation is 1. The van der Waals surface area contributed by atoms with Gasteiger partial charge in [-0.2, -0.15) is 0 Å². The number of carbonyl (C=O) groups is 1. The molecule has 2 aliphatic heterocycles. The molecule has 2 aromatic carbocycles. The van der Waals surface area contributed by atoms with Gasteiger partial charge < -0.3 is 18.9 Å². The van der Waals surface area contributed by atoms with E-state index in [1.165, 1.54) is 0 Å². The molecular formula is C23H25NO5. The van der Waals surface area contributed by atoms with E-state index in [1.54, 1.807) is 20.3 Å². The minimum atomic E-state index is -0.0902. The van der Waals surface area contributed by atoms with Crippen LogP contribution >= 0.6 is 0 Å². The van der Waals surface area contributed by atoms with Gasteiger partial charge in [-0.25, -0.2) is 0 Å². The zero-order chi connectivity index (χ0) is 20.4. The second-order valence-electron chi connectivity index (χ2n) is 7.26. The van der Waals surface area contributed by atoms with Crippen molar-refractivity contribution in [1.82, 2.24) is 4.90 Å². The molecule has 0 amide bonds. The summed E-state index contributed by atoms with van der Waals surface area (Å²) in [7, 11) is 3.33. The Hall–Kier alpha value is -2.83. The van der Waals surface area contributed by atoms with Gasteiger partial charge in [0.1, 0.15) is 24.0 Å². The Kier molecular flexibility index (Phi) is 5.56. The summed E-state index contributed by atoms with van der Waals surface area (Å²) in [5, 5.41) is 0. The number of ketones is 1. The van der Waals surface area contributed by atoms with Gasteiger partial charge in [0.2, 0.25) is 5.78 Å². The minimum Gasteiger partial charge on any atom is -0.497 e. The summed E-state index contributed by atoms with van der Waals surface area (Å²) in [4.78, 5) is 15.2. The van der Waals surface area contributed by atoms with Crippen LogP contribution in [0.5, 0.6) is 17.2 Å². The lowest BCUT2D eigenvalue weighted by Crippen LogP contribution is -2.33. The van der Waals surface area contributed by atoms with Crippen LogP contribution in [0.2, 0.25) is 0 Å². The van der Waals surface area contributed by atoms with E-state index in [0.717, 1.165) is 41.2 Å². The van der Waals surface area contributed by atoms with E-state index < -0.39 is 0 Å². The Morgan fingerprint density at radius 2 is 2.00 bits per heavy atom. The Labute approximate surface area is 170 Å². The fourth-order valence-electron chi connectivity index (χ4n) is 3.70. The number of nitrogens with zero attached hydrogens (tertiary/aromatic N) is 1. The number of carbonyl (C=O) groups excluding carboxylic acids is 1. The number of allylic oxidation sites excluding steroid dienone is 1. The molecule has 0 fully saturated rings. The predicted octanol–water partition coefficient (Wildman–Crippen LogP) is 3.81. The van der Waals surface area contributed by atoms with Gasteiger partial charge in [0.05, 0.1) is 18.2 Å². The summed E-state index contributed by atoms with van der Waals surface area (Å²) >= 11 is 0. The number of benzene rings is 2. The lowest BCUT2D eigenvalue weighted by Gasteiger charge is -2.30. The molecule has 2 heterocycles. The van der Waals surface area contributed by atoms with E-state index in [2.05, 4.69) is 4.90 Å². The van der Waals surface area contributed by atoms with Gasteiger partial charge >= 0.3 is 0 Å². The van der Waals surface area contributed by atoms with Gasteiger partial charge in [-0.15, -0.1) is 0 Å². The van der Waals surface area contributed by atoms with Crippen molar-refractivity contribution in [3.05, 3.63) is 58.3 Å². The highest BCUT2D eigenvalue weighted by Gasteiger charge is 2.35. The van der Waals surface area contributed by atoms with E-state index >= 15 is 0 Å². The maximum atomic E-state index is 13.0. The molecule has 0 saturated carbocycles. The Balaban J connectivity index is 1.62. The molecule has 0 radical (unpaired) electrons. The van der Waals surface area contributed by atoms with Crippen molar-refractivity contribution in [2.75, 3.05) is 34.1 Å². The van der Waals surface area contributed by atoms with Crippen molar-refractivity contribution < 1.29 is 23.7 Å². The number of hydrogen-bond donors (Lipinski definition) is 0. The van der Waals surface area contributed by atoms with Crippen molar-refractivity contribution >= 4 is 11.9 Å². The van der Waals surface area contributed by atoms with Crippen molar-refractivity contribution in [2.24, 2.45) is 0 Å². The number of hydrogen-bond acceptors (Lipinski definition) is 6. The molecule has 0 atom stereocenters. The molecule has 0 spiro atoms. The number of methoxy groups -OCH3 is 2. The highest BCUT2D eigenvalue weighted by atomic mass is 16.5. The Bertz CT molecular complexity index is 949. The molecule has 6 heteroatoms. The van der Waals surface area contributed by atoms with Crippen LogP contribution in [0.15, 0.2) is 36.1 Å². The molecule has 4 rings (SSSR count). The van der Waals surface area contributed by atoms with Gasteiger partial charge in [0.25, 0.3) is 0 Å². The molecule has 0 aromatic heterocycles. The average Bonchev–Trinajstić information content (AvgIpc) is 3.06. The maximum absolute atomic E-state index is 13.0. The summed E-state index contributed by atoms with van der Waals surface area (Å²) in [6.45, 7) is 4.70. The normalized spacial score (nSPS) is 16.9. The third kappa shape index (κ3) is 3.86. The number of rotatable bonds is 6. The summed E-state index contributed by atoms with van der Waals surface area (Å²) in [6, 6.07) is 9.46. The van der Waals surface area contributed by atoms with Gasteiger partial charge in [-0.05, 0) is 48.7 Å². The smallest absolute Gasteiger partial charge is 0.232 e. The van der Waals surface area contributed by atoms with Crippen molar-refractivity contribution in [3.63, 3.8) is 0 Å². The predicted molar refractivity (Wildman–Crippen MR) is 110 cm³/mol. The zero-order valence-electron chi connectivity index (χ0n) is 17.0. The largest absolute Gasteiger partial charge is 0.497 e. The topological polar surface area (TPSA) is 57.2 Å². The molecular weight excluding hydrogens is 370 g/mol. The molecule has 29 heavy (non-hydrogen) atoms. The lowest BCUT2D eigenvalue weighted by molar-refractivity contribution is 0.0822. The summed E-state index contributed by atoms with van der Waals surface area (Å²) in [5.74, 6) is 2.43. The monoisotopic (exact) mass is 395 g/mol. The minimum absolute atomic E-state index is 0.0902. The van der Waals surface area contributed by atoms with E-state index in [0.29, 0.717) is 37.0 Å². The van der Waals surface area contributed by atoms with Crippen LogP contribution < -0.4 is 14.2 Å². The molecule has 6 nitrogen and oxygen atoms in total. The SMILES string of the molecule is COCCCN1COc2cc(C)c3c(c2C1)O/C(=C\c1ccc(OC)cc1)C3=O. The first kappa shape index (κ1) is 19.5. The van der Waals surface area contributed by atoms with Gasteiger partial charge in [0, 0.05) is 26.8 Å². The van der Waals surface area contributed by atoms with Crippen LogP contribution in [0.4, 0.5) is 0 Å². The standard InChI is InChI=1S/C23H25NO5/c1-15-11-19-18(13-24(14-28-19)9-4-10-26-2)23-21(15)22(25)20(29-23)12-16-5-7-17(27-3)8-6-16/h5-8,11-12H,4,9-10,13-14H2,1-3H3/b20-12-. The maximum Gasteiger partial charge on any atom is 0.232 e. The van der Waals surface area contributed by atoms with Gasteiger partial charge in [-0.1, -0.05) is 12.1 Å². The van der Waals surface area contributed by atoms with E-state index in [9.17, 15) is 4.79 Å². The van der Waals surface area contributed by atoms with Gasteiger partial charge in [-0.3, -0.25) is 9.69 Å². The van der Waals surface area contributed by atoms with E-state index in [-0.39, 0.29) is 5.78 Å². The van der Waals surface area contributed by atoms with Crippen molar-refractivity contribution in [2.45, 2.75) is 19.9 Å². The molecule has 0 N–H and O–H groups in total. The number of Topliss-reactive ketones (excluding diaryl/α,β-unsaturated/α-hetero) is 1. The highest BCUT2D eigenvalue weighted by molar-refractivity contribution is 6.15. The average molecular weight is 395 g/mol. The Morgan fingerprint density at radius 3 is 2.72 bits per heavy atom. The Morgan fingerprint density at radius 1 is 1.21 bits per heavy atom. The fourth-order valence-corrected chi connectivity index (χ4v) is 3.70. The molecule has 0 saturated heterocycles. The van der Waals surface area contributed by atoms with Crippen LogP contribution in [0.25, 0.3) is 6.08 Å². The summed E-state index contributed by atoms with van der Waals surface area (Å²) in [6.07, 6.45) is 2.69. The van der Waals surface area contributed by atoms with Crippen LogP contribution in [0, 0.1) is 6.92 Å². The second-order valence-corrected chi connectivity index (χ2v) is 7.26. The number of ether oxygens (including phenoxy) is 4. The van der Waals surface area contributed by atoms with Crippen LogP contribution in [0.3, 0.4) is 0 Å². The molecule has 0 aliphatic carbocycles. The molecule has 152 valence electrons. The lowest BCUT2D eigenvalue weighted by atomic mass is 9.98. The van der Waals surface area contributed by atoms with Crippen LogP contribution in [-0.4, -0.2) is 44.8 Å². The fraction of sp³-hybridized carbons (Fsp3) is 0.348. The first-order chi connectivity index (χ1) is 14.1. The molecule has 2 aromatic rings. The first-order valence-electron chi connectivity index (χ1n) is 9.69.